The van der Waals surface area contributed by atoms with Crippen molar-refractivity contribution in [1.82, 2.24) is 19.8 Å². The van der Waals surface area contributed by atoms with Crippen molar-refractivity contribution >= 4 is 21.9 Å². The van der Waals surface area contributed by atoms with Crippen LogP contribution in [0, 0.1) is 0 Å². The molecular weight excluding hydrogens is 276 g/mol. The number of H-pyrrole nitrogens is 1. The zero-order chi connectivity index (χ0) is 14.0. The molecule has 2 heterocycles. The fourth-order valence-electron chi connectivity index (χ4n) is 1.86. The second-order valence-electron chi connectivity index (χ2n) is 3.95. The number of carboxylic acids is 1. The van der Waals surface area contributed by atoms with Crippen LogP contribution in [0.15, 0.2) is 17.3 Å². The lowest BCUT2D eigenvalue weighted by Gasteiger charge is -2.32. The number of piperazine rings is 1. The Morgan fingerprint density at radius 2 is 2.32 bits per heavy atom. The number of carboxylic acid groups (broad SMARTS) is 1. The number of aromatic nitrogens is 2. The second-order valence-corrected chi connectivity index (χ2v) is 5.85. The van der Waals surface area contributed by atoms with E-state index in [0.29, 0.717) is 0 Å². The SMILES string of the molecule is O=C(O)CC1C(=O)NCCN1S(=O)(=O)c1cn[nH]c1. The quantitative estimate of drug-likeness (QED) is 0.609. The van der Waals surface area contributed by atoms with Crippen molar-refractivity contribution in [2.24, 2.45) is 0 Å². The van der Waals surface area contributed by atoms with Gasteiger partial charge in [0.05, 0.1) is 12.6 Å². The first-order chi connectivity index (χ1) is 8.93. The summed E-state index contributed by atoms with van der Waals surface area (Å²) in [5.41, 5.74) is 0. The van der Waals surface area contributed by atoms with Gasteiger partial charge in [0.2, 0.25) is 15.9 Å². The Balaban J connectivity index is 2.35. The molecule has 0 aliphatic carbocycles. The van der Waals surface area contributed by atoms with Crippen LogP contribution in [0.3, 0.4) is 0 Å². The molecule has 1 saturated heterocycles. The molecule has 1 aromatic rings. The Bertz CT molecular complexity index is 582. The third kappa shape index (κ3) is 2.58. The van der Waals surface area contributed by atoms with Crippen LogP contribution in [0.25, 0.3) is 0 Å². The molecule has 1 aliphatic rings. The first kappa shape index (κ1) is 13.5. The summed E-state index contributed by atoms with van der Waals surface area (Å²) >= 11 is 0. The Kier molecular flexibility index (Phi) is 3.53. The number of amides is 1. The highest BCUT2D eigenvalue weighted by Gasteiger charge is 2.39. The molecule has 3 N–H and O–H groups in total. The van der Waals surface area contributed by atoms with Gasteiger partial charge < -0.3 is 10.4 Å². The monoisotopic (exact) mass is 288 g/mol. The van der Waals surface area contributed by atoms with Gasteiger partial charge in [-0.25, -0.2) is 8.42 Å². The predicted octanol–water partition coefficient (Wildman–Crippen LogP) is -1.63. The molecule has 0 bridgehead atoms. The highest BCUT2D eigenvalue weighted by Crippen LogP contribution is 2.20. The van der Waals surface area contributed by atoms with Crippen LogP contribution >= 0.6 is 0 Å². The van der Waals surface area contributed by atoms with Crippen molar-refractivity contribution in [1.29, 1.82) is 0 Å². The number of hydrogen-bond acceptors (Lipinski definition) is 5. The normalized spacial score (nSPS) is 21.1. The molecule has 0 radical (unpaired) electrons. The van der Waals surface area contributed by atoms with Gasteiger partial charge in [-0.3, -0.25) is 14.7 Å². The van der Waals surface area contributed by atoms with E-state index in [-0.39, 0.29) is 18.0 Å². The van der Waals surface area contributed by atoms with Gasteiger partial charge in [0.25, 0.3) is 0 Å². The van der Waals surface area contributed by atoms with Crippen molar-refractivity contribution in [3.05, 3.63) is 12.4 Å². The number of nitrogens with zero attached hydrogens (tertiary/aromatic N) is 2. The van der Waals surface area contributed by atoms with Gasteiger partial charge in [-0.2, -0.15) is 9.40 Å². The molecular formula is C9H12N4O5S. The number of aromatic amines is 1. The smallest absolute Gasteiger partial charge is 0.305 e. The molecule has 9 nitrogen and oxygen atoms in total. The van der Waals surface area contributed by atoms with Crippen LogP contribution in [0.4, 0.5) is 0 Å². The van der Waals surface area contributed by atoms with E-state index in [1.165, 1.54) is 6.20 Å². The summed E-state index contributed by atoms with van der Waals surface area (Å²) in [5, 5.41) is 17.1. The molecule has 19 heavy (non-hydrogen) atoms. The van der Waals surface area contributed by atoms with E-state index >= 15 is 0 Å². The van der Waals surface area contributed by atoms with Crippen LogP contribution in [0.2, 0.25) is 0 Å². The maximum absolute atomic E-state index is 12.3. The summed E-state index contributed by atoms with van der Waals surface area (Å²) in [6.45, 7) is 0.170. The standard InChI is InChI=1S/C9H12N4O5S/c14-8(15)3-7-9(16)10-1-2-13(7)19(17,18)6-4-11-12-5-6/h4-5,7H,1-3H2,(H,10,16)(H,11,12)(H,14,15). The van der Waals surface area contributed by atoms with Gasteiger partial charge in [-0.1, -0.05) is 0 Å². The van der Waals surface area contributed by atoms with Gasteiger partial charge in [-0.15, -0.1) is 0 Å². The van der Waals surface area contributed by atoms with Crippen LogP contribution in [0.5, 0.6) is 0 Å². The number of sulfonamides is 1. The van der Waals surface area contributed by atoms with E-state index in [1.54, 1.807) is 0 Å². The predicted molar refractivity (Wildman–Crippen MR) is 61.5 cm³/mol. The Morgan fingerprint density at radius 3 is 2.89 bits per heavy atom. The summed E-state index contributed by atoms with van der Waals surface area (Å²) in [7, 11) is -3.93. The molecule has 1 fully saturated rings. The Morgan fingerprint density at radius 1 is 1.58 bits per heavy atom. The van der Waals surface area contributed by atoms with Gasteiger partial charge in [0, 0.05) is 19.3 Å². The third-order valence-electron chi connectivity index (χ3n) is 2.73. The molecule has 104 valence electrons. The van der Waals surface area contributed by atoms with E-state index < -0.39 is 34.4 Å². The maximum Gasteiger partial charge on any atom is 0.305 e. The lowest BCUT2D eigenvalue weighted by molar-refractivity contribution is -0.141. The molecule has 0 spiro atoms. The maximum atomic E-state index is 12.3. The topological polar surface area (TPSA) is 132 Å². The van der Waals surface area contributed by atoms with Gasteiger partial charge in [0.1, 0.15) is 10.9 Å². The third-order valence-corrected chi connectivity index (χ3v) is 4.60. The zero-order valence-electron chi connectivity index (χ0n) is 9.74. The average molecular weight is 288 g/mol. The highest BCUT2D eigenvalue weighted by molar-refractivity contribution is 7.89. The van der Waals surface area contributed by atoms with E-state index in [0.717, 1.165) is 10.5 Å². The van der Waals surface area contributed by atoms with E-state index in [1.807, 2.05) is 0 Å². The molecule has 0 aromatic carbocycles. The second kappa shape index (κ2) is 4.97. The largest absolute Gasteiger partial charge is 0.481 e. The number of rotatable bonds is 4. The molecule has 1 aromatic heterocycles. The van der Waals surface area contributed by atoms with Crippen LogP contribution in [-0.2, 0) is 19.6 Å². The fourth-order valence-corrected chi connectivity index (χ4v) is 3.35. The summed E-state index contributed by atoms with van der Waals surface area (Å²) in [6.07, 6.45) is 1.71. The molecule has 2 rings (SSSR count). The van der Waals surface area contributed by atoms with E-state index in [4.69, 9.17) is 5.11 Å². The summed E-state index contributed by atoms with van der Waals surface area (Å²) < 4.78 is 25.5. The van der Waals surface area contributed by atoms with Gasteiger partial charge >= 0.3 is 5.97 Å². The number of carbonyl (C=O) groups excluding carboxylic acids is 1. The van der Waals surface area contributed by atoms with E-state index in [2.05, 4.69) is 15.5 Å². The van der Waals surface area contributed by atoms with Crippen LogP contribution < -0.4 is 5.32 Å². The van der Waals surface area contributed by atoms with Crippen molar-refractivity contribution in [3.63, 3.8) is 0 Å². The molecule has 0 saturated carbocycles. The minimum absolute atomic E-state index is 0.0250. The summed E-state index contributed by atoms with van der Waals surface area (Å²) in [4.78, 5) is 22.3. The molecule has 10 heteroatoms. The highest BCUT2D eigenvalue weighted by atomic mass is 32.2. The first-order valence-corrected chi connectivity index (χ1v) is 6.87. The van der Waals surface area contributed by atoms with Crippen molar-refractivity contribution in [2.75, 3.05) is 13.1 Å². The summed E-state index contributed by atoms with van der Waals surface area (Å²) in [6, 6.07) is -1.24. The average Bonchev–Trinajstić information content (AvgIpc) is 2.85. The minimum Gasteiger partial charge on any atom is -0.481 e. The molecule has 1 unspecified atom stereocenters. The first-order valence-electron chi connectivity index (χ1n) is 5.43. The zero-order valence-corrected chi connectivity index (χ0v) is 10.6. The van der Waals surface area contributed by atoms with Crippen molar-refractivity contribution in [2.45, 2.75) is 17.4 Å². The fraction of sp³-hybridized carbons (Fsp3) is 0.444. The van der Waals surface area contributed by atoms with Crippen molar-refractivity contribution in [3.8, 4) is 0 Å². The number of nitrogens with one attached hydrogen (secondary N) is 2. The van der Waals surface area contributed by atoms with Crippen LogP contribution in [0.1, 0.15) is 6.42 Å². The number of hydrogen-bond donors (Lipinski definition) is 3. The molecule has 1 aliphatic heterocycles. The lowest BCUT2D eigenvalue weighted by Crippen LogP contribution is -2.57. The molecule has 1 amide bonds. The van der Waals surface area contributed by atoms with Crippen molar-refractivity contribution < 1.29 is 23.1 Å². The lowest BCUT2D eigenvalue weighted by atomic mass is 10.1. The van der Waals surface area contributed by atoms with Gasteiger partial charge in [0.15, 0.2) is 0 Å². The Labute approximate surface area is 108 Å². The Hall–Kier alpha value is -1.94. The minimum atomic E-state index is -3.93. The van der Waals surface area contributed by atoms with Crippen LogP contribution in [-0.4, -0.2) is 59.0 Å². The molecule has 1 atom stereocenters. The number of aliphatic carboxylic acids is 1. The van der Waals surface area contributed by atoms with Gasteiger partial charge in [-0.05, 0) is 0 Å². The summed E-state index contributed by atoms with van der Waals surface area (Å²) in [5.74, 6) is -1.85. The van der Waals surface area contributed by atoms with E-state index in [9.17, 15) is 18.0 Å². The number of carbonyl (C=O) groups is 2.